The van der Waals surface area contributed by atoms with Gasteiger partial charge in [0.25, 0.3) is 0 Å². The smallest absolute Gasteiger partial charge is 0.217 e. The molecule has 0 bridgehead atoms. The summed E-state index contributed by atoms with van der Waals surface area (Å²) < 4.78 is 5.28. The minimum Gasteiger partial charge on any atom is -0.481 e. The van der Waals surface area contributed by atoms with E-state index in [2.05, 4.69) is 10.4 Å². The van der Waals surface area contributed by atoms with E-state index in [1.54, 1.807) is 13.3 Å². The zero-order valence-electron chi connectivity index (χ0n) is 9.65. The Labute approximate surface area is 96.2 Å². The van der Waals surface area contributed by atoms with Gasteiger partial charge in [0.05, 0.1) is 13.2 Å². The molecule has 1 aliphatic carbocycles. The van der Waals surface area contributed by atoms with Gasteiger partial charge in [0.1, 0.15) is 0 Å². The molecule has 0 radical (unpaired) electrons. The quantitative estimate of drug-likeness (QED) is 0.601. The first-order valence-corrected chi connectivity index (χ1v) is 5.82. The number of pyridine rings is 1. The van der Waals surface area contributed by atoms with Crippen LogP contribution in [-0.2, 0) is 0 Å². The number of nitrogens with two attached hydrogens (primary N) is 1. The Balaban J connectivity index is 2.24. The monoisotopic (exact) mass is 221 g/mol. The first kappa shape index (κ1) is 11.4. The molecular weight excluding hydrogens is 202 g/mol. The third-order valence-electron chi connectivity index (χ3n) is 3.38. The second-order valence-corrected chi connectivity index (χ2v) is 4.29. The van der Waals surface area contributed by atoms with Crippen LogP contribution in [0.3, 0.4) is 0 Å². The second-order valence-electron chi connectivity index (χ2n) is 4.29. The highest BCUT2D eigenvalue weighted by Gasteiger charge is 2.27. The summed E-state index contributed by atoms with van der Waals surface area (Å²) in [6.07, 6.45) is 6.79. The molecule has 4 nitrogen and oxygen atoms in total. The van der Waals surface area contributed by atoms with Crippen LogP contribution in [0.1, 0.15) is 37.3 Å². The van der Waals surface area contributed by atoms with Crippen molar-refractivity contribution < 1.29 is 4.74 Å². The van der Waals surface area contributed by atoms with Crippen molar-refractivity contribution in [3.8, 4) is 5.88 Å². The van der Waals surface area contributed by atoms with E-state index >= 15 is 0 Å². The van der Waals surface area contributed by atoms with Gasteiger partial charge < -0.3 is 4.74 Å². The summed E-state index contributed by atoms with van der Waals surface area (Å²) in [6.45, 7) is 0. The summed E-state index contributed by atoms with van der Waals surface area (Å²) in [5.74, 6) is 6.95. The molecule has 0 amide bonds. The van der Waals surface area contributed by atoms with Gasteiger partial charge in [0.2, 0.25) is 5.88 Å². The van der Waals surface area contributed by atoms with Crippen molar-refractivity contribution in [2.75, 3.05) is 7.11 Å². The normalized spacial score (nSPS) is 18.6. The van der Waals surface area contributed by atoms with E-state index in [1.807, 2.05) is 12.1 Å². The molecule has 1 fully saturated rings. The molecule has 1 aliphatic rings. The molecule has 0 aromatic carbocycles. The molecule has 0 aliphatic heterocycles. The largest absolute Gasteiger partial charge is 0.481 e. The first-order chi connectivity index (χ1) is 7.86. The van der Waals surface area contributed by atoms with Gasteiger partial charge in [-0.15, -0.1) is 0 Å². The lowest BCUT2D eigenvalue weighted by Gasteiger charge is -2.23. The van der Waals surface area contributed by atoms with Crippen LogP contribution >= 0.6 is 0 Å². The lowest BCUT2D eigenvalue weighted by molar-refractivity contribution is 0.341. The highest BCUT2D eigenvalue weighted by Crippen LogP contribution is 2.37. The number of hydrogen-bond acceptors (Lipinski definition) is 4. The van der Waals surface area contributed by atoms with Gasteiger partial charge in [0, 0.05) is 11.8 Å². The molecular formula is C12H19N3O. The van der Waals surface area contributed by atoms with Crippen molar-refractivity contribution in [1.29, 1.82) is 0 Å². The van der Waals surface area contributed by atoms with Gasteiger partial charge in [-0.2, -0.15) is 0 Å². The molecule has 4 heteroatoms. The lowest BCUT2D eigenvalue weighted by Crippen LogP contribution is -2.33. The highest BCUT2D eigenvalue weighted by atomic mass is 16.5. The van der Waals surface area contributed by atoms with Gasteiger partial charge in [-0.25, -0.2) is 4.98 Å². The minimum atomic E-state index is 0.158. The second kappa shape index (κ2) is 5.27. The molecule has 1 saturated carbocycles. The van der Waals surface area contributed by atoms with Crippen LogP contribution in [0.25, 0.3) is 0 Å². The van der Waals surface area contributed by atoms with Crippen molar-refractivity contribution in [1.82, 2.24) is 10.4 Å². The van der Waals surface area contributed by atoms with Gasteiger partial charge in [-0.05, 0) is 24.8 Å². The summed E-state index contributed by atoms with van der Waals surface area (Å²) >= 11 is 0. The Bertz CT molecular complexity index is 337. The third kappa shape index (κ3) is 2.18. The Morgan fingerprint density at radius 1 is 1.50 bits per heavy atom. The number of ether oxygens (including phenoxy) is 1. The van der Waals surface area contributed by atoms with Crippen molar-refractivity contribution in [3.63, 3.8) is 0 Å². The minimum absolute atomic E-state index is 0.158. The molecule has 1 atom stereocenters. The fourth-order valence-corrected chi connectivity index (χ4v) is 2.58. The van der Waals surface area contributed by atoms with Crippen LogP contribution in [0.4, 0.5) is 0 Å². The summed E-state index contributed by atoms with van der Waals surface area (Å²) in [7, 11) is 1.65. The maximum absolute atomic E-state index is 5.67. The number of methoxy groups -OCH3 is 1. The summed E-state index contributed by atoms with van der Waals surface area (Å²) in [5.41, 5.74) is 3.98. The van der Waals surface area contributed by atoms with E-state index in [9.17, 15) is 0 Å². The topological polar surface area (TPSA) is 60.2 Å². The third-order valence-corrected chi connectivity index (χ3v) is 3.38. The SMILES string of the molecule is COc1ncccc1C(NN)C1CCCC1. The molecule has 3 N–H and O–H groups in total. The Hall–Kier alpha value is -1.13. The molecule has 1 unspecified atom stereocenters. The standard InChI is InChI=1S/C12H19N3O/c1-16-12-10(7-4-8-14-12)11(15-13)9-5-2-3-6-9/h4,7-9,11,15H,2-3,5-6,13H2,1H3. The average molecular weight is 221 g/mol. The summed E-state index contributed by atoms with van der Waals surface area (Å²) in [4.78, 5) is 4.22. The van der Waals surface area contributed by atoms with Crippen molar-refractivity contribution in [3.05, 3.63) is 23.9 Å². The lowest BCUT2D eigenvalue weighted by atomic mass is 9.93. The molecule has 88 valence electrons. The number of nitrogens with zero attached hydrogens (tertiary/aromatic N) is 1. The Kier molecular flexibility index (Phi) is 3.74. The van der Waals surface area contributed by atoms with Crippen molar-refractivity contribution in [2.45, 2.75) is 31.7 Å². The Morgan fingerprint density at radius 3 is 2.88 bits per heavy atom. The van der Waals surface area contributed by atoms with Crippen LogP contribution in [0.15, 0.2) is 18.3 Å². The summed E-state index contributed by atoms with van der Waals surface area (Å²) in [6, 6.07) is 4.12. The van der Waals surface area contributed by atoms with Gasteiger partial charge in [-0.3, -0.25) is 11.3 Å². The van der Waals surface area contributed by atoms with Crippen LogP contribution in [0.5, 0.6) is 5.88 Å². The molecule has 0 saturated heterocycles. The molecule has 16 heavy (non-hydrogen) atoms. The average Bonchev–Trinajstić information content (AvgIpc) is 2.84. The number of rotatable bonds is 4. The number of hydrazine groups is 1. The van der Waals surface area contributed by atoms with Crippen LogP contribution in [-0.4, -0.2) is 12.1 Å². The zero-order chi connectivity index (χ0) is 11.4. The fraction of sp³-hybridized carbons (Fsp3) is 0.583. The van der Waals surface area contributed by atoms with Crippen LogP contribution in [0.2, 0.25) is 0 Å². The summed E-state index contributed by atoms with van der Waals surface area (Å²) in [5, 5.41) is 0. The maximum Gasteiger partial charge on any atom is 0.217 e. The van der Waals surface area contributed by atoms with Crippen LogP contribution in [0, 0.1) is 5.92 Å². The van der Waals surface area contributed by atoms with E-state index in [-0.39, 0.29) is 6.04 Å². The molecule has 2 rings (SSSR count). The number of nitrogens with one attached hydrogen (secondary N) is 1. The van der Waals surface area contributed by atoms with E-state index < -0.39 is 0 Å². The predicted octanol–water partition coefficient (Wildman–Crippen LogP) is 1.78. The number of hydrogen-bond donors (Lipinski definition) is 2. The fourth-order valence-electron chi connectivity index (χ4n) is 2.58. The first-order valence-electron chi connectivity index (χ1n) is 5.82. The highest BCUT2D eigenvalue weighted by molar-refractivity contribution is 5.29. The van der Waals surface area contributed by atoms with Crippen LogP contribution < -0.4 is 16.0 Å². The van der Waals surface area contributed by atoms with Gasteiger partial charge in [-0.1, -0.05) is 18.9 Å². The molecule has 1 aromatic heterocycles. The number of aromatic nitrogens is 1. The molecule has 1 heterocycles. The van der Waals surface area contributed by atoms with Crippen molar-refractivity contribution >= 4 is 0 Å². The van der Waals surface area contributed by atoms with Gasteiger partial charge in [0.15, 0.2) is 0 Å². The van der Waals surface area contributed by atoms with Gasteiger partial charge >= 0.3 is 0 Å². The predicted molar refractivity (Wildman–Crippen MR) is 62.8 cm³/mol. The van der Waals surface area contributed by atoms with E-state index in [0.29, 0.717) is 11.8 Å². The molecule has 0 spiro atoms. The van der Waals surface area contributed by atoms with E-state index in [0.717, 1.165) is 5.56 Å². The van der Waals surface area contributed by atoms with Crippen molar-refractivity contribution in [2.24, 2.45) is 11.8 Å². The van der Waals surface area contributed by atoms with E-state index in [4.69, 9.17) is 10.6 Å². The Morgan fingerprint density at radius 2 is 2.25 bits per heavy atom. The zero-order valence-corrected chi connectivity index (χ0v) is 9.65. The molecule has 1 aromatic rings. The van der Waals surface area contributed by atoms with E-state index in [1.165, 1.54) is 25.7 Å². The maximum atomic E-state index is 5.67.